The van der Waals surface area contributed by atoms with E-state index in [2.05, 4.69) is 34.2 Å². The van der Waals surface area contributed by atoms with Gasteiger partial charge in [0.25, 0.3) is 0 Å². The Morgan fingerprint density at radius 3 is 3.00 bits per heavy atom. The number of hydrogen-bond donors (Lipinski definition) is 1. The summed E-state index contributed by atoms with van der Waals surface area (Å²) in [7, 11) is 0. The number of hydrogen-bond acceptors (Lipinski definition) is 2. The first-order valence-electron chi connectivity index (χ1n) is 4.26. The van der Waals surface area contributed by atoms with Crippen molar-refractivity contribution in [3.63, 3.8) is 0 Å². The van der Waals surface area contributed by atoms with E-state index < -0.39 is 0 Å². The monoisotopic (exact) mass is 245 g/mol. The second kappa shape index (κ2) is 3.48. The molecule has 1 fully saturated rings. The van der Waals surface area contributed by atoms with Gasteiger partial charge in [-0.25, -0.2) is 0 Å². The molecule has 1 unspecified atom stereocenters. The Hall–Kier alpha value is 0.140. The Morgan fingerprint density at radius 2 is 2.50 bits per heavy atom. The Labute approximate surface area is 85.3 Å². The lowest BCUT2D eigenvalue weighted by Crippen LogP contribution is -2.11. The third-order valence-corrected chi connectivity index (χ3v) is 4.30. The summed E-state index contributed by atoms with van der Waals surface area (Å²) in [5.74, 6) is 0. The van der Waals surface area contributed by atoms with E-state index in [-0.39, 0.29) is 0 Å². The molecule has 0 spiro atoms. The van der Waals surface area contributed by atoms with Gasteiger partial charge in [-0.15, -0.1) is 11.3 Å². The molecule has 0 aromatic carbocycles. The van der Waals surface area contributed by atoms with Crippen molar-refractivity contribution in [2.45, 2.75) is 25.8 Å². The summed E-state index contributed by atoms with van der Waals surface area (Å²) in [6.07, 6.45) is 2.60. The SMILES string of the molecule is Cc1cc(Br)c(C2CCCN2)s1. The van der Waals surface area contributed by atoms with Crippen LogP contribution in [0.25, 0.3) is 0 Å². The zero-order valence-electron chi connectivity index (χ0n) is 7.06. The van der Waals surface area contributed by atoms with E-state index in [1.807, 2.05) is 11.3 Å². The standard InChI is InChI=1S/C9H12BrNS/c1-6-5-7(10)9(12-6)8-3-2-4-11-8/h5,8,11H,2-4H2,1H3. The van der Waals surface area contributed by atoms with E-state index in [1.165, 1.54) is 33.6 Å². The van der Waals surface area contributed by atoms with E-state index in [9.17, 15) is 0 Å². The van der Waals surface area contributed by atoms with Crippen LogP contribution in [-0.2, 0) is 0 Å². The number of halogens is 1. The van der Waals surface area contributed by atoms with Crippen LogP contribution in [0.4, 0.5) is 0 Å². The maximum absolute atomic E-state index is 3.60. The van der Waals surface area contributed by atoms with Gasteiger partial charge in [0, 0.05) is 20.3 Å². The number of aryl methyl sites for hydroxylation is 1. The zero-order valence-corrected chi connectivity index (χ0v) is 9.46. The molecule has 1 N–H and O–H groups in total. The first-order chi connectivity index (χ1) is 5.77. The predicted molar refractivity (Wildman–Crippen MR) is 56.7 cm³/mol. The predicted octanol–water partition coefficient (Wildman–Crippen LogP) is 3.24. The molecule has 12 heavy (non-hydrogen) atoms. The fraction of sp³-hybridized carbons (Fsp3) is 0.556. The van der Waals surface area contributed by atoms with Crippen LogP contribution in [0.3, 0.4) is 0 Å². The summed E-state index contributed by atoms with van der Waals surface area (Å²) >= 11 is 5.50. The van der Waals surface area contributed by atoms with Crippen LogP contribution in [0.1, 0.15) is 28.6 Å². The van der Waals surface area contributed by atoms with E-state index in [4.69, 9.17) is 0 Å². The summed E-state index contributed by atoms with van der Waals surface area (Å²) in [6, 6.07) is 2.82. The lowest BCUT2D eigenvalue weighted by atomic mass is 10.2. The van der Waals surface area contributed by atoms with Crippen molar-refractivity contribution in [1.82, 2.24) is 5.32 Å². The van der Waals surface area contributed by atoms with E-state index in [0.29, 0.717) is 6.04 Å². The van der Waals surface area contributed by atoms with Crippen molar-refractivity contribution in [1.29, 1.82) is 0 Å². The molecule has 66 valence electrons. The number of nitrogens with one attached hydrogen (secondary N) is 1. The van der Waals surface area contributed by atoms with Gasteiger partial charge in [0.2, 0.25) is 0 Å². The van der Waals surface area contributed by atoms with Crippen molar-refractivity contribution in [3.8, 4) is 0 Å². The van der Waals surface area contributed by atoms with Gasteiger partial charge in [-0.05, 0) is 48.3 Å². The third-order valence-electron chi connectivity index (χ3n) is 2.21. The third kappa shape index (κ3) is 1.58. The Bertz CT molecular complexity index is 276. The fourth-order valence-corrected chi connectivity index (χ4v) is 3.68. The first-order valence-corrected chi connectivity index (χ1v) is 5.87. The van der Waals surface area contributed by atoms with Crippen molar-refractivity contribution in [2.75, 3.05) is 6.54 Å². The van der Waals surface area contributed by atoms with Gasteiger partial charge >= 0.3 is 0 Å². The van der Waals surface area contributed by atoms with Crippen molar-refractivity contribution in [3.05, 3.63) is 20.3 Å². The van der Waals surface area contributed by atoms with Gasteiger partial charge in [0.15, 0.2) is 0 Å². The van der Waals surface area contributed by atoms with Crippen LogP contribution in [0.15, 0.2) is 10.5 Å². The molecule has 0 amide bonds. The maximum Gasteiger partial charge on any atom is 0.0426 e. The number of rotatable bonds is 1. The lowest BCUT2D eigenvalue weighted by Gasteiger charge is -2.07. The highest BCUT2D eigenvalue weighted by Gasteiger charge is 2.20. The lowest BCUT2D eigenvalue weighted by molar-refractivity contribution is 0.657. The molecule has 0 aliphatic carbocycles. The molecular weight excluding hydrogens is 234 g/mol. The van der Waals surface area contributed by atoms with E-state index >= 15 is 0 Å². The molecule has 1 aliphatic heterocycles. The molecule has 0 bridgehead atoms. The molecule has 1 aliphatic rings. The summed E-state index contributed by atoms with van der Waals surface area (Å²) < 4.78 is 1.28. The molecule has 2 rings (SSSR count). The molecule has 1 nitrogen and oxygen atoms in total. The quantitative estimate of drug-likeness (QED) is 0.802. The summed E-state index contributed by atoms with van der Waals surface area (Å²) in [4.78, 5) is 2.87. The average Bonchev–Trinajstić information content (AvgIpc) is 2.58. The van der Waals surface area contributed by atoms with Gasteiger partial charge < -0.3 is 5.32 Å². The zero-order chi connectivity index (χ0) is 8.55. The number of thiophene rings is 1. The Kier molecular flexibility index (Phi) is 2.53. The Balaban J connectivity index is 2.25. The molecule has 1 atom stereocenters. The second-order valence-corrected chi connectivity index (χ2v) is 5.36. The van der Waals surface area contributed by atoms with Crippen LogP contribution in [0.5, 0.6) is 0 Å². The van der Waals surface area contributed by atoms with Crippen LogP contribution in [0, 0.1) is 6.92 Å². The van der Waals surface area contributed by atoms with Gasteiger partial charge in [-0.1, -0.05) is 0 Å². The van der Waals surface area contributed by atoms with Gasteiger partial charge in [0.1, 0.15) is 0 Å². The smallest absolute Gasteiger partial charge is 0.0426 e. The summed E-state index contributed by atoms with van der Waals surface area (Å²) in [5.41, 5.74) is 0. The molecule has 2 heterocycles. The minimum Gasteiger partial charge on any atom is -0.309 e. The van der Waals surface area contributed by atoms with Crippen molar-refractivity contribution >= 4 is 27.3 Å². The van der Waals surface area contributed by atoms with Crippen LogP contribution in [0.2, 0.25) is 0 Å². The summed E-state index contributed by atoms with van der Waals surface area (Å²) in [6.45, 7) is 3.34. The van der Waals surface area contributed by atoms with Crippen molar-refractivity contribution < 1.29 is 0 Å². The van der Waals surface area contributed by atoms with E-state index in [1.54, 1.807) is 0 Å². The molecule has 3 heteroatoms. The van der Waals surface area contributed by atoms with Gasteiger partial charge in [-0.2, -0.15) is 0 Å². The second-order valence-electron chi connectivity index (χ2n) is 3.22. The average molecular weight is 246 g/mol. The summed E-state index contributed by atoms with van der Waals surface area (Å²) in [5, 5.41) is 3.51. The molecule has 1 saturated heterocycles. The van der Waals surface area contributed by atoms with Crippen molar-refractivity contribution in [2.24, 2.45) is 0 Å². The first kappa shape index (κ1) is 8.73. The highest BCUT2D eigenvalue weighted by Crippen LogP contribution is 2.35. The Morgan fingerprint density at radius 1 is 1.67 bits per heavy atom. The minimum atomic E-state index is 0.609. The highest BCUT2D eigenvalue weighted by molar-refractivity contribution is 9.10. The molecule has 1 aromatic rings. The fourth-order valence-electron chi connectivity index (χ4n) is 1.65. The van der Waals surface area contributed by atoms with Gasteiger partial charge in [0.05, 0.1) is 0 Å². The van der Waals surface area contributed by atoms with Crippen LogP contribution < -0.4 is 5.32 Å². The van der Waals surface area contributed by atoms with Crippen LogP contribution in [-0.4, -0.2) is 6.54 Å². The van der Waals surface area contributed by atoms with Gasteiger partial charge in [-0.3, -0.25) is 0 Å². The normalized spacial score (nSPS) is 23.3. The van der Waals surface area contributed by atoms with Crippen LogP contribution >= 0.6 is 27.3 Å². The molecule has 0 radical (unpaired) electrons. The minimum absolute atomic E-state index is 0.609. The topological polar surface area (TPSA) is 12.0 Å². The maximum atomic E-state index is 3.60. The molecular formula is C9H12BrNS. The largest absolute Gasteiger partial charge is 0.309 e. The molecule has 0 saturated carbocycles. The van der Waals surface area contributed by atoms with E-state index in [0.717, 1.165) is 0 Å². The molecule has 1 aromatic heterocycles. The highest BCUT2D eigenvalue weighted by atomic mass is 79.9.